The molecule has 0 aliphatic carbocycles. The summed E-state index contributed by atoms with van der Waals surface area (Å²) in [5.74, 6) is -0.216. The summed E-state index contributed by atoms with van der Waals surface area (Å²) in [6, 6.07) is 0. The Kier molecular flexibility index (Phi) is 5.45. The molecule has 2 atom stereocenters. The van der Waals surface area contributed by atoms with Gasteiger partial charge in [0.1, 0.15) is 11.9 Å². The zero-order valence-electron chi connectivity index (χ0n) is 7.90. The molecule has 0 aliphatic rings. The molecule has 5 nitrogen and oxygen atoms in total. The first kappa shape index (κ1) is 12.2. The molecule has 0 bridgehead atoms. The Balaban J connectivity index is 4.50. The van der Waals surface area contributed by atoms with Crippen molar-refractivity contribution in [1.29, 1.82) is 0 Å². The van der Waals surface area contributed by atoms with Crippen LogP contribution in [0.1, 0.15) is 13.3 Å². The fourth-order valence-electron chi connectivity index (χ4n) is 0.883. The van der Waals surface area contributed by atoms with E-state index in [0.29, 0.717) is 0 Å². The maximum Gasteiger partial charge on any atom is 0.142 e. The standard InChI is InChI=1S/C8H17NO4/c1-5(11)7(9)8(12)6(13-2)3-4-10/h5-6,10-12H,3-4,9H2,1-2H3/b8-7-/t5-,6+/m0/s1. The summed E-state index contributed by atoms with van der Waals surface area (Å²) in [6.45, 7) is 1.33. The average Bonchev–Trinajstić information content (AvgIpc) is 2.11. The molecule has 0 fully saturated rings. The molecule has 0 saturated carbocycles. The molecule has 78 valence electrons. The number of nitrogens with two attached hydrogens (primary N) is 1. The third-order valence-corrected chi connectivity index (χ3v) is 1.73. The maximum absolute atomic E-state index is 9.44. The fraction of sp³-hybridized carbons (Fsp3) is 0.750. The highest BCUT2D eigenvalue weighted by Gasteiger charge is 2.17. The van der Waals surface area contributed by atoms with Gasteiger partial charge in [0.15, 0.2) is 0 Å². The Hall–Kier alpha value is -0.780. The Labute approximate surface area is 77.4 Å². The lowest BCUT2D eigenvalue weighted by molar-refractivity contribution is 0.0662. The largest absolute Gasteiger partial charge is 0.508 e. The number of hydrogen-bond acceptors (Lipinski definition) is 5. The molecule has 0 amide bonds. The van der Waals surface area contributed by atoms with Crippen molar-refractivity contribution in [3.8, 4) is 0 Å². The number of rotatable bonds is 5. The van der Waals surface area contributed by atoms with Crippen molar-refractivity contribution in [2.24, 2.45) is 5.73 Å². The fourth-order valence-corrected chi connectivity index (χ4v) is 0.883. The van der Waals surface area contributed by atoms with Gasteiger partial charge in [-0.1, -0.05) is 0 Å². The van der Waals surface area contributed by atoms with Gasteiger partial charge in [-0.3, -0.25) is 0 Å². The van der Waals surface area contributed by atoms with Crippen molar-refractivity contribution in [2.75, 3.05) is 13.7 Å². The number of hydrogen-bond donors (Lipinski definition) is 4. The molecular formula is C8H17NO4. The van der Waals surface area contributed by atoms with Gasteiger partial charge in [-0.2, -0.15) is 0 Å². The van der Waals surface area contributed by atoms with Crippen LogP contribution in [-0.2, 0) is 4.74 Å². The van der Waals surface area contributed by atoms with Crippen molar-refractivity contribution in [3.05, 3.63) is 11.5 Å². The summed E-state index contributed by atoms with van der Waals surface area (Å²) < 4.78 is 4.86. The van der Waals surface area contributed by atoms with E-state index in [2.05, 4.69) is 0 Å². The van der Waals surface area contributed by atoms with E-state index in [-0.39, 0.29) is 24.5 Å². The second kappa shape index (κ2) is 5.80. The lowest BCUT2D eigenvalue weighted by Gasteiger charge is -2.16. The summed E-state index contributed by atoms with van der Waals surface area (Å²) in [5, 5.41) is 27.1. The Bertz CT molecular complexity index is 179. The minimum absolute atomic E-state index is 0.0275. The van der Waals surface area contributed by atoms with Crippen LogP contribution in [0.15, 0.2) is 11.5 Å². The number of aliphatic hydroxyl groups is 3. The van der Waals surface area contributed by atoms with E-state index in [4.69, 9.17) is 20.7 Å². The smallest absolute Gasteiger partial charge is 0.142 e. The summed E-state index contributed by atoms with van der Waals surface area (Å²) in [4.78, 5) is 0. The van der Waals surface area contributed by atoms with Gasteiger partial charge < -0.3 is 25.8 Å². The van der Waals surface area contributed by atoms with Gasteiger partial charge in [-0.05, 0) is 6.92 Å². The minimum Gasteiger partial charge on any atom is -0.508 e. The average molecular weight is 191 g/mol. The Morgan fingerprint density at radius 3 is 2.38 bits per heavy atom. The molecule has 0 aromatic rings. The van der Waals surface area contributed by atoms with Gasteiger partial charge in [0.05, 0.1) is 11.8 Å². The van der Waals surface area contributed by atoms with Crippen LogP contribution in [0.4, 0.5) is 0 Å². The van der Waals surface area contributed by atoms with Crippen molar-refractivity contribution >= 4 is 0 Å². The molecule has 13 heavy (non-hydrogen) atoms. The monoisotopic (exact) mass is 191 g/mol. The molecule has 0 radical (unpaired) electrons. The zero-order chi connectivity index (χ0) is 10.4. The predicted molar refractivity (Wildman–Crippen MR) is 48.0 cm³/mol. The normalized spacial score (nSPS) is 17.8. The molecule has 0 unspecified atom stereocenters. The molecule has 5 heteroatoms. The number of ether oxygens (including phenoxy) is 1. The summed E-state index contributed by atoms with van der Waals surface area (Å²) in [6.07, 6.45) is -1.33. The van der Waals surface area contributed by atoms with Gasteiger partial charge in [-0.15, -0.1) is 0 Å². The summed E-state index contributed by atoms with van der Waals surface area (Å²) in [5.41, 5.74) is 5.36. The van der Waals surface area contributed by atoms with Crippen LogP contribution < -0.4 is 5.73 Å². The highest BCUT2D eigenvalue weighted by molar-refractivity contribution is 5.11. The van der Waals surface area contributed by atoms with Crippen LogP contribution in [0.5, 0.6) is 0 Å². The van der Waals surface area contributed by atoms with Crippen LogP contribution in [0.2, 0.25) is 0 Å². The minimum atomic E-state index is -0.920. The molecule has 0 aliphatic heterocycles. The van der Waals surface area contributed by atoms with Gasteiger partial charge >= 0.3 is 0 Å². The lowest BCUT2D eigenvalue weighted by Crippen LogP contribution is -2.24. The quantitative estimate of drug-likeness (QED) is 0.439. The first-order valence-corrected chi connectivity index (χ1v) is 4.04. The van der Waals surface area contributed by atoms with Crippen molar-refractivity contribution < 1.29 is 20.1 Å². The predicted octanol–water partition coefficient (Wildman–Crippen LogP) is -0.507. The number of methoxy groups -OCH3 is 1. The van der Waals surface area contributed by atoms with Crippen LogP contribution >= 0.6 is 0 Å². The molecule has 0 rings (SSSR count). The van der Waals surface area contributed by atoms with E-state index in [1.807, 2.05) is 0 Å². The van der Waals surface area contributed by atoms with E-state index in [0.717, 1.165) is 0 Å². The molecule has 0 spiro atoms. The van der Waals surface area contributed by atoms with Gasteiger partial charge in [0.25, 0.3) is 0 Å². The summed E-state index contributed by atoms with van der Waals surface area (Å²) >= 11 is 0. The van der Waals surface area contributed by atoms with Crippen LogP contribution in [-0.4, -0.2) is 41.2 Å². The third kappa shape index (κ3) is 3.63. The SMILES string of the molecule is CO[C@H](CCO)/C(O)=C(/N)[C@H](C)O. The first-order chi connectivity index (χ1) is 6.04. The molecule has 0 aromatic heterocycles. The van der Waals surface area contributed by atoms with E-state index in [1.54, 1.807) is 0 Å². The maximum atomic E-state index is 9.44. The molecule has 0 saturated heterocycles. The zero-order valence-corrected chi connectivity index (χ0v) is 7.90. The van der Waals surface area contributed by atoms with Gasteiger partial charge in [-0.25, -0.2) is 0 Å². The topological polar surface area (TPSA) is 95.9 Å². The Morgan fingerprint density at radius 1 is 1.54 bits per heavy atom. The van der Waals surface area contributed by atoms with Crippen molar-refractivity contribution in [2.45, 2.75) is 25.6 Å². The molecule has 0 heterocycles. The Morgan fingerprint density at radius 2 is 2.08 bits per heavy atom. The third-order valence-electron chi connectivity index (χ3n) is 1.73. The van der Waals surface area contributed by atoms with E-state index < -0.39 is 12.2 Å². The van der Waals surface area contributed by atoms with E-state index >= 15 is 0 Å². The van der Waals surface area contributed by atoms with Gasteiger partial charge in [0, 0.05) is 20.1 Å². The first-order valence-electron chi connectivity index (χ1n) is 4.04. The molecule has 5 N–H and O–H groups in total. The highest BCUT2D eigenvalue weighted by Crippen LogP contribution is 2.11. The van der Waals surface area contributed by atoms with Crippen LogP contribution in [0.25, 0.3) is 0 Å². The molecular weight excluding hydrogens is 174 g/mol. The van der Waals surface area contributed by atoms with Gasteiger partial charge in [0.2, 0.25) is 0 Å². The molecule has 0 aromatic carbocycles. The summed E-state index contributed by atoms with van der Waals surface area (Å²) in [7, 11) is 1.39. The second-order valence-corrected chi connectivity index (χ2v) is 2.75. The number of aliphatic hydroxyl groups excluding tert-OH is 3. The second-order valence-electron chi connectivity index (χ2n) is 2.75. The van der Waals surface area contributed by atoms with E-state index in [1.165, 1.54) is 14.0 Å². The highest BCUT2D eigenvalue weighted by atomic mass is 16.5. The van der Waals surface area contributed by atoms with Crippen LogP contribution in [0, 0.1) is 0 Å². The van der Waals surface area contributed by atoms with Crippen molar-refractivity contribution in [1.82, 2.24) is 0 Å². The van der Waals surface area contributed by atoms with E-state index in [9.17, 15) is 5.11 Å². The van der Waals surface area contributed by atoms with Crippen LogP contribution in [0.3, 0.4) is 0 Å². The lowest BCUT2D eigenvalue weighted by atomic mass is 10.1. The van der Waals surface area contributed by atoms with Crippen molar-refractivity contribution in [3.63, 3.8) is 0 Å².